The molecule has 1 amide bonds. The molecule has 7 nitrogen and oxygen atoms in total. The van der Waals surface area contributed by atoms with Crippen molar-refractivity contribution in [3.8, 4) is 11.3 Å². The number of benzene rings is 2. The van der Waals surface area contributed by atoms with Crippen LogP contribution in [0, 0.1) is 24.0 Å². The van der Waals surface area contributed by atoms with Gasteiger partial charge in [-0.05, 0) is 61.0 Å². The summed E-state index contributed by atoms with van der Waals surface area (Å²) in [7, 11) is 0. The van der Waals surface area contributed by atoms with Gasteiger partial charge in [-0.1, -0.05) is 18.2 Å². The second kappa shape index (κ2) is 8.00. The number of amides is 1. The van der Waals surface area contributed by atoms with Crippen LogP contribution >= 0.6 is 11.8 Å². The summed E-state index contributed by atoms with van der Waals surface area (Å²) < 4.78 is 5.77. The molecule has 0 aliphatic carbocycles. The van der Waals surface area contributed by atoms with E-state index in [0.29, 0.717) is 27.2 Å². The fourth-order valence-corrected chi connectivity index (χ4v) is 3.92. The third-order valence-corrected chi connectivity index (χ3v) is 5.24. The first-order chi connectivity index (χ1) is 14.4. The Morgan fingerprint density at radius 2 is 1.87 bits per heavy atom. The molecule has 30 heavy (non-hydrogen) atoms. The van der Waals surface area contributed by atoms with Crippen LogP contribution in [0.25, 0.3) is 17.4 Å². The molecule has 8 heteroatoms. The summed E-state index contributed by atoms with van der Waals surface area (Å²) in [6.45, 7) is 4.00. The van der Waals surface area contributed by atoms with Crippen LogP contribution < -0.4 is 5.32 Å². The zero-order chi connectivity index (χ0) is 21.3. The highest BCUT2D eigenvalue weighted by Gasteiger charge is 2.24. The number of nitrogens with one attached hydrogen (secondary N) is 1. The van der Waals surface area contributed by atoms with Crippen LogP contribution in [0.1, 0.15) is 16.9 Å². The summed E-state index contributed by atoms with van der Waals surface area (Å²) in [4.78, 5) is 27.8. The predicted molar refractivity (Wildman–Crippen MR) is 118 cm³/mol. The highest BCUT2D eigenvalue weighted by molar-refractivity contribution is 8.18. The van der Waals surface area contributed by atoms with Gasteiger partial charge in [0.25, 0.3) is 11.6 Å². The van der Waals surface area contributed by atoms with E-state index in [9.17, 15) is 14.9 Å². The van der Waals surface area contributed by atoms with Crippen molar-refractivity contribution in [3.05, 3.63) is 86.5 Å². The number of amidine groups is 1. The summed E-state index contributed by atoms with van der Waals surface area (Å²) in [5.41, 5.74) is 3.56. The Labute approximate surface area is 176 Å². The minimum atomic E-state index is -0.453. The van der Waals surface area contributed by atoms with E-state index in [1.54, 1.807) is 30.3 Å². The van der Waals surface area contributed by atoms with Gasteiger partial charge in [-0.15, -0.1) is 0 Å². The van der Waals surface area contributed by atoms with Gasteiger partial charge in [0.05, 0.1) is 15.5 Å². The number of aryl methyl sites for hydroxylation is 2. The van der Waals surface area contributed by atoms with Gasteiger partial charge >= 0.3 is 0 Å². The lowest BCUT2D eigenvalue weighted by atomic mass is 10.1. The van der Waals surface area contributed by atoms with Crippen LogP contribution in [-0.2, 0) is 4.79 Å². The molecule has 1 aromatic heterocycles. The topological polar surface area (TPSA) is 97.7 Å². The molecule has 1 fully saturated rings. The SMILES string of the molecule is Cc1cc(C)cc(N=C2NC(=O)C(=Cc3ccc(-c4cccc([N+](=O)[O-])c4)o3)S2)c1. The highest BCUT2D eigenvalue weighted by atomic mass is 32.2. The Hall–Kier alpha value is -3.65. The molecule has 1 aliphatic rings. The minimum Gasteiger partial charge on any atom is -0.457 e. The Morgan fingerprint density at radius 3 is 2.60 bits per heavy atom. The maximum atomic E-state index is 12.3. The molecule has 1 N–H and O–H groups in total. The van der Waals surface area contributed by atoms with Crippen LogP contribution in [0.2, 0.25) is 0 Å². The van der Waals surface area contributed by atoms with E-state index < -0.39 is 4.92 Å². The van der Waals surface area contributed by atoms with Gasteiger partial charge in [0, 0.05) is 23.8 Å². The molecule has 3 aromatic rings. The summed E-state index contributed by atoms with van der Waals surface area (Å²) in [5, 5.41) is 14.2. The van der Waals surface area contributed by atoms with E-state index >= 15 is 0 Å². The third kappa shape index (κ3) is 4.33. The first-order valence-electron chi connectivity index (χ1n) is 9.10. The molecule has 0 unspecified atom stereocenters. The van der Waals surface area contributed by atoms with Crippen molar-refractivity contribution < 1.29 is 14.1 Å². The summed E-state index contributed by atoms with van der Waals surface area (Å²) in [6.07, 6.45) is 1.63. The van der Waals surface area contributed by atoms with Crippen LogP contribution in [0.15, 0.2) is 68.9 Å². The predicted octanol–water partition coefficient (Wildman–Crippen LogP) is 5.36. The molecule has 2 heterocycles. The lowest BCUT2D eigenvalue weighted by Crippen LogP contribution is -2.19. The fourth-order valence-electron chi connectivity index (χ4n) is 3.10. The standard InChI is InChI=1S/C22H17N3O4S/c1-13-8-14(2)10-16(9-13)23-22-24-21(26)20(30-22)12-18-6-7-19(29-18)15-4-3-5-17(11-15)25(27)28/h3-12H,1-2H3,(H,23,24,26). The molecule has 0 radical (unpaired) electrons. The van der Waals surface area contributed by atoms with Crippen molar-refractivity contribution in [1.29, 1.82) is 0 Å². The molecular formula is C22H17N3O4S. The Bertz CT molecular complexity index is 1210. The number of hydrogen-bond donors (Lipinski definition) is 1. The second-order valence-corrected chi connectivity index (χ2v) is 7.87. The van der Waals surface area contributed by atoms with Crippen molar-refractivity contribution in [2.24, 2.45) is 4.99 Å². The van der Waals surface area contributed by atoms with Crippen LogP contribution in [0.5, 0.6) is 0 Å². The average molecular weight is 419 g/mol. The monoisotopic (exact) mass is 419 g/mol. The normalized spacial score (nSPS) is 16.3. The zero-order valence-electron chi connectivity index (χ0n) is 16.2. The van der Waals surface area contributed by atoms with Crippen molar-refractivity contribution in [2.75, 3.05) is 0 Å². The molecule has 0 bridgehead atoms. The number of carbonyl (C=O) groups is 1. The quantitative estimate of drug-likeness (QED) is 0.349. The number of thioether (sulfide) groups is 1. The van der Waals surface area contributed by atoms with E-state index in [1.165, 1.54) is 23.9 Å². The maximum Gasteiger partial charge on any atom is 0.270 e. The number of non-ortho nitro benzene ring substituents is 1. The number of carbonyl (C=O) groups excluding carboxylic acids is 1. The van der Waals surface area contributed by atoms with Gasteiger partial charge in [-0.25, -0.2) is 4.99 Å². The van der Waals surface area contributed by atoms with Gasteiger partial charge in [0.1, 0.15) is 11.5 Å². The zero-order valence-corrected chi connectivity index (χ0v) is 17.0. The summed E-state index contributed by atoms with van der Waals surface area (Å²) in [6, 6.07) is 15.6. The van der Waals surface area contributed by atoms with E-state index in [-0.39, 0.29) is 11.6 Å². The lowest BCUT2D eigenvalue weighted by Gasteiger charge is -2.00. The molecular weight excluding hydrogens is 402 g/mol. The largest absolute Gasteiger partial charge is 0.457 e. The van der Waals surface area contributed by atoms with Gasteiger partial charge in [0.2, 0.25) is 0 Å². The highest BCUT2D eigenvalue weighted by Crippen LogP contribution is 2.31. The second-order valence-electron chi connectivity index (χ2n) is 6.84. The molecule has 0 saturated carbocycles. The van der Waals surface area contributed by atoms with E-state index in [0.717, 1.165) is 16.8 Å². The average Bonchev–Trinajstić information content (AvgIpc) is 3.28. The van der Waals surface area contributed by atoms with Gasteiger partial charge in [-0.3, -0.25) is 14.9 Å². The maximum absolute atomic E-state index is 12.3. The number of nitro groups is 1. The third-order valence-electron chi connectivity index (χ3n) is 4.33. The van der Waals surface area contributed by atoms with E-state index in [1.807, 2.05) is 26.0 Å². The van der Waals surface area contributed by atoms with Crippen molar-refractivity contribution >= 4 is 40.3 Å². The fraction of sp³-hybridized carbons (Fsp3) is 0.0909. The molecule has 0 atom stereocenters. The number of hydrogen-bond acceptors (Lipinski definition) is 6. The molecule has 1 aliphatic heterocycles. The van der Waals surface area contributed by atoms with Crippen LogP contribution in [-0.4, -0.2) is 16.0 Å². The van der Waals surface area contributed by atoms with Gasteiger partial charge in [-0.2, -0.15) is 0 Å². The Kier molecular flexibility index (Phi) is 5.24. The number of furan rings is 1. The van der Waals surface area contributed by atoms with Crippen molar-refractivity contribution in [3.63, 3.8) is 0 Å². The summed E-state index contributed by atoms with van der Waals surface area (Å²) in [5.74, 6) is 0.705. The van der Waals surface area contributed by atoms with Crippen LogP contribution in [0.3, 0.4) is 0 Å². The van der Waals surface area contributed by atoms with E-state index in [4.69, 9.17) is 4.42 Å². The van der Waals surface area contributed by atoms with Crippen LogP contribution in [0.4, 0.5) is 11.4 Å². The molecule has 0 spiro atoms. The van der Waals surface area contributed by atoms with Gasteiger partial charge < -0.3 is 9.73 Å². The molecule has 1 saturated heterocycles. The number of rotatable bonds is 4. The Balaban J connectivity index is 1.56. The smallest absolute Gasteiger partial charge is 0.270 e. The number of aliphatic imine (C=N–C) groups is 1. The first kappa shape index (κ1) is 19.7. The lowest BCUT2D eigenvalue weighted by molar-refractivity contribution is -0.384. The molecule has 150 valence electrons. The molecule has 2 aromatic carbocycles. The van der Waals surface area contributed by atoms with Crippen molar-refractivity contribution in [2.45, 2.75) is 13.8 Å². The summed E-state index contributed by atoms with van der Waals surface area (Å²) >= 11 is 1.23. The van der Waals surface area contributed by atoms with Crippen molar-refractivity contribution in [1.82, 2.24) is 5.32 Å². The first-order valence-corrected chi connectivity index (χ1v) is 9.91. The number of nitrogens with zero attached hydrogens (tertiary/aromatic N) is 2. The minimum absolute atomic E-state index is 0.0123. The van der Waals surface area contributed by atoms with E-state index in [2.05, 4.69) is 16.4 Å². The molecule has 4 rings (SSSR count). The van der Waals surface area contributed by atoms with Gasteiger partial charge in [0.15, 0.2) is 5.17 Å². The number of nitro benzene ring substituents is 1. The Morgan fingerprint density at radius 1 is 1.10 bits per heavy atom.